The summed E-state index contributed by atoms with van der Waals surface area (Å²) in [6.45, 7) is 5.42. The first-order chi connectivity index (χ1) is 12.6. The maximum Gasteiger partial charge on any atom is 0.224 e. The molecule has 4 rings (SSSR count). The van der Waals surface area contributed by atoms with Gasteiger partial charge in [0, 0.05) is 39.1 Å². The number of carbonyl (C=O) groups excluding carboxylic acids is 1. The van der Waals surface area contributed by atoms with Crippen LogP contribution in [0.3, 0.4) is 0 Å². The third-order valence-corrected chi connectivity index (χ3v) is 5.40. The predicted octanol–water partition coefficient (Wildman–Crippen LogP) is 0.722. The maximum atomic E-state index is 12.6. The number of aromatic nitrogens is 2. The predicted molar refractivity (Wildman–Crippen MR) is 97.8 cm³/mol. The molecule has 2 fully saturated rings. The van der Waals surface area contributed by atoms with E-state index in [-0.39, 0.29) is 5.91 Å². The van der Waals surface area contributed by atoms with E-state index in [9.17, 15) is 9.90 Å². The second-order valence-electron chi connectivity index (χ2n) is 7.35. The number of hydrogen-bond acceptors (Lipinski definition) is 5. The van der Waals surface area contributed by atoms with Crippen LogP contribution in [-0.4, -0.2) is 81.9 Å². The minimum Gasteiger partial charge on any atom is -0.387 e. The average molecular weight is 358 g/mol. The molecule has 2 aliphatic rings. The van der Waals surface area contributed by atoms with Crippen molar-refractivity contribution < 1.29 is 14.6 Å². The second kappa shape index (κ2) is 7.34. The molecule has 1 N–H and O–H groups in total. The second-order valence-corrected chi connectivity index (χ2v) is 7.35. The molecule has 0 unspecified atom stereocenters. The minimum atomic E-state index is -0.797. The largest absolute Gasteiger partial charge is 0.387 e. The summed E-state index contributed by atoms with van der Waals surface area (Å²) in [4.78, 5) is 21.0. The number of benzene rings is 1. The number of likely N-dealkylation sites (tertiary alicyclic amines) is 1. The molecule has 1 amide bonds. The first-order valence-corrected chi connectivity index (χ1v) is 9.33. The van der Waals surface area contributed by atoms with Crippen molar-refractivity contribution in [2.24, 2.45) is 0 Å². The molecule has 0 aliphatic carbocycles. The van der Waals surface area contributed by atoms with E-state index in [1.165, 1.54) is 0 Å². The Labute approximate surface area is 153 Å². The van der Waals surface area contributed by atoms with Gasteiger partial charge in [0.05, 0.1) is 42.7 Å². The topological polar surface area (TPSA) is 70.8 Å². The molecule has 2 aromatic rings. The van der Waals surface area contributed by atoms with Gasteiger partial charge in [0.2, 0.25) is 5.91 Å². The highest BCUT2D eigenvalue weighted by molar-refractivity contribution is 5.78. The smallest absolute Gasteiger partial charge is 0.224 e. The van der Waals surface area contributed by atoms with Crippen LogP contribution in [-0.2, 0) is 16.1 Å². The highest BCUT2D eigenvalue weighted by Gasteiger charge is 2.39. The molecule has 3 heterocycles. The Hall–Kier alpha value is -1.96. The Bertz CT molecular complexity index is 771. The number of morpholine rings is 1. The number of nitrogens with zero attached hydrogens (tertiary/aromatic N) is 4. The fourth-order valence-corrected chi connectivity index (χ4v) is 3.94. The fourth-order valence-electron chi connectivity index (χ4n) is 3.94. The third kappa shape index (κ3) is 3.75. The molecule has 7 nitrogen and oxygen atoms in total. The lowest BCUT2D eigenvalue weighted by Gasteiger charge is -2.33. The molecule has 7 heteroatoms. The van der Waals surface area contributed by atoms with Crippen LogP contribution in [0.5, 0.6) is 0 Å². The molecule has 2 saturated heterocycles. The molecular weight excluding hydrogens is 332 g/mol. The zero-order chi connectivity index (χ0) is 18.0. The number of hydrogen-bond donors (Lipinski definition) is 1. The molecule has 0 saturated carbocycles. The van der Waals surface area contributed by atoms with Gasteiger partial charge in [-0.2, -0.15) is 0 Å². The molecule has 0 radical (unpaired) electrons. The van der Waals surface area contributed by atoms with Crippen molar-refractivity contribution in [2.75, 3.05) is 45.9 Å². The van der Waals surface area contributed by atoms with Crippen molar-refractivity contribution >= 4 is 16.9 Å². The number of rotatable bonds is 5. The standard InChI is InChI=1S/C19H26N4O3/c24-18(5-7-23-15-20-16-3-1-2-4-17(16)23)22-8-6-19(25,14-22)13-21-9-11-26-12-10-21/h1-4,15,25H,5-14H2/t19-/m1/s1. The van der Waals surface area contributed by atoms with Crippen molar-refractivity contribution in [3.05, 3.63) is 30.6 Å². The van der Waals surface area contributed by atoms with Gasteiger partial charge in [-0.3, -0.25) is 9.69 Å². The van der Waals surface area contributed by atoms with Gasteiger partial charge >= 0.3 is 0 Å². The Balaban J connectivity index is 1.31. The molecule has 140 valence electrons. The van der Waals surface area contributed by atoms with Crippen LogP contribution in [0.2, 0.25) is 0 Å². The molecule has 1 aromatic carbocycles. The van der Waals surface area contributed by atoms with E-state index in [0.29, 0.717) is 39.0 Å². The quantitative estimate of drug-likeness (QED) is 0.853. The zero-order valence-electron chi connectivity index (χ0n) is 15.0. The molecule has 26 heavy (non-hydrogen) atoms. The fraction of sp³-hybridized carbons (Fsp3) is 0.579. The number of fused-ring (bicyclic) bond motifs is 1. The van der Waals surface area contributed by atoms with Crippen LogP contribution in [0.15, 0.2) is 30.6 Å². The first-order valence-electron chi connectivity index (χ1n) is 9.33. The summed E-state index contributed by atoms with van der Waals surface area (Å²) >= 11 is 0. The summed E-state index contributed by atoms with van der Waals surface area (Å²) in [6, 6.07) is 7.93. The van der Waals surface area contributed by atoms with Gasteiger partial charge in [-0.1, -0.05) is 12.1 Å². The number of amides is 1. The van der Waals surface area contributed by atoms with Crippen LogP contribution in [0, 0.1) is 0 Å². The Kier molecular flexibility index (Phi) is 4.93. The van der Waals surface area contributed by atoms with Crippen molar-refractivity contribution in [1.29, 1.82) is 0 Å². The van der Waals surface area contributed by atoms with E-state index in [4.69, 9.17) is 4.74 Å². The van der Waals surface area contributed by atoms with E-state index >= 15 is 0 Å². The van der Waals surface area contributed by atoms with E-state index in [0.717, 1.165) is 37.3 Å². The number of aryl methyl sites for hydroxylation is 1. The van der Waals surface area contributed by atoms with E-state index in [1.807, 2.05) is 28.8 Å². The van der Waals surface area contributed by atoms with Gasteiger partial charge in [0.1, 0.15) is 0 Å². The number of ether oxygens (including phenoxy) is 1. The summed E-state index contributed by atoms with van der Waals surface area (Å²) < 4.78 is 7.38. The maximum absolute atomic E-state index is 12.6. The van der Waals surface area contributed by atoms with Crippen LogP contribution >= 0.6 is 0 Å². The van der Waals surface area contributed by atoms with Gasteiger partial charge in [-0.25, -0.2) is 4.98 Å². The Morgan fingerprint density at radius 1 is 1.23 bits per heavy atom. The Morgan fingerprint density at radius 2 is 2.04 bits per heavy atom. The first kappa shape index (κ1) is 17.5. The molecule has 2 aliphatic heterocycles. The lowest BCUT2D eigenvalue weighted by Crippen LogP contribution is -2.49. The SMILES string of the molecule is O=C(CCn1cnc2ccccc21)N1CC[C@@](O)(CN2CCOCC2)C1. The van der Waals surface area contributed by atoms with Crippen molar-refractivity contribution in [1.82, 2.24) is 19.4 Å². The minimum absolute atomic E-state index is 0.0979. The van der Waals surface area contributed by atoms with Crippen LogP contribution in [0.1, 0.15) is 12.8 Å². The number of β-amino-alcohol motifs (C(OH)–C–C–N with tert-alkyl or cyclic N) is 1. The monoisotopic (exact) mass is 358 g/mol. The molecule has 0 bridgehead atoms. The average Bonchev–Trinajstić information content (AvgIpc) is 3.24. The summed E-state index contributed by atoms with van der Waals surface area (Å²) in [5.41, 5.74) is 1.20. The number of para-hydroxylation sites is 2. The zero-order valence-corrected chi connectivity index (χ0v) is 15.0. The normalized spacial score (nSPS) is 24.4. The summed E-state index contributed by atoms with van der Waals surface area (Å²) in [7, 11) is 0. The summed E-state index contributed by atoms with van der Waals surface area (Å²) in [5.74, 6) is 0.0979. The van der Waals surface area contributed by atoms with Crippen molar-refractivity contribution in [2.45, 2.75) is 25.0 Å². The number of imidazole rings is 1. The lowest BCUT2D eigenvalue weighted by atomic mass is 10.0. The van der Waals surface area contributed by atoms with Gasteiger partial charge in [-0.15, -0.1) is 0 Å². The van der Waals surface area contributed by atoms with Crippen LogP contribution in [0.25, 0.3) is 11.0 Å². The van der Waals surface area contributed by atoms with Crippen molar-refractivity contribution in [3.63, 3.8) is 0 Å². The molecule has 1 atom stereocenters. The van der Waals surface area contributed by atoms with E-state index in [2.05, 4.69) is 9.88 Å². The van der Waals surface area contributed by atoms with Gasteiger partial charge in [0.25, 0.3) is 0 Å². The van der Waals surface area contributed by atoms with Gasteiger partial charge in [-0.05, 0) is 18.6 Å². The highest BCUT2D eigenvalue weighted by atomic mass is 16.5. The van der Waals surface area contributed by atoms with Crippen LogP contribution < -0.4 is 0 Å². The van der Waals surface area contributed by atoms with Gasteiger partial charge in [0.15, 0.2) is 0 Å². The molecule has 0 spiro atoms. The van der Waals surface area contributed by atoms with Crippen LogP contribution in [0.4, 0.5) is 0 Å². The Morgan fingerprint density at radius 3 is 2.88 bits per heavy atom. The number of aliphatic hydroxyl groups is 1. The van der Waals surface area contributed by atoms with E-state index in [1.54, 1.807) is 11.2 Å². The molecule has 1 aromatic heterocycles. The number of carbonyl (C=O) groups is 1. The van der Waals surface area contributed by atoms with Crippen molar-refractivity contribution in [3.8, 4) is 0 Å². The lowest BCUT2D eigenvalue weighted by molar-refractivity contribution is -0.131. The highest BCUT2D eigenvalue weighted by Crippen LogP contribution is 2.24. The third-order valence-electron chi connectivity index (χ3n) is 5.40. The molecular formula is C19H26N4O3. The summed E-state index contributed by atoms with van der Waals surface area (Å²) in [6.07, 6.45) is 2.86. The van der Waals surface area contributed by atoms with Gasteiger partial charge < -0.3 is 19.3 Å². The summed E-state index contributed by atoms with van der Waals surface area (Å²) in [5, 5.41) is 10.9. The van der Waals surface area contributed by atoms with E-state index < -0.39 is 5.60 Å².